The Bertz CT molecular complexity index is 1100. The highest BCUT2D eigenvalue weighted by atomic mass is 16.8. The molecule has 10 heteroatoms. The van der Waals surface area contributed by atoms with E-state index in [1.54, 1.807) is 74.5 Å². The molecule has 36 heavy (non-hydrogen) atoms. The van der Waals surface area contributed by atoms with Gasteiger partial charge in [-0.2, -0.15) is 0 Å². The number of rotatable bonds is 5. The molecule has 4 rings (SSSR count). The van der Waals surface area contributed by atoms with Crippen LogP contribution in [0.5, 0.6) is 11.5 Å². The maximum Gasteiger partial charge on any atom is 0.539 e. The largest absolute Gasteiger partial charge is 0.539 e. The molecule has 2 aliphatic rings. The number of hydrogen-bond donors (Lipinski definition) is 1. The molecule has 10 nitrogen and oxygen atoms in total. The maximum atomic E-state index is 12.7. The van der Waals surface area contributed by atoms with E-state index in [1.807, 2.05) is 0 Å². The third-order valence-corrected chi connectivity index (χ3v) is 5.30. The van der Waals surface area contributed by atoms with Gasteiger partial charge in [0.15, 0.2) is 5.79 Å². The van der Waals surface area contributed by atoms with Crippen molar-refractivity contribution in [3.63, 3.8) is 0 Å². The molecule has 4 atom stereocenters. The number of hydrogen-bond acceptors (Lipinski definition) is 9. The Morgan fingerprint density at radius 1 is 0.972 bits per heavy atom. The Kier molecular flexibility index (Phi) is 8.07. The first-order chi connectivity index (χ1) is 17.3. The monoisotopic (exact) mass is 497 g/mol. The predicted molar refractivity (Wildman–Crippen MR) is 125 cm³/mol. The fourth-order valence-electron chi connectivity index (χ4n) is 3.78. The molecule has 0 aromatic heterocycles. The number of aliphatic hydroxyl groups is 1. The number of para-hydroxylation sites is 2. The maximum absolute atomic E-state index is 12.7. The summed E-state index contributed by atoms with van der Waals surface area (Å²) in [6.45, 7) is 3.24. The number of carbonyl (C=O) groups is 2. The number of ether oxygens (including phenoxy) is 5. The zero-order chi connectivity index (χ0) is 25.5. The van der Waals surface area contributed by atoms with E-state index in [0.717, 1.165) is 5.06 Å². The van der Waals surface area contributed by atoms with E-state index in [9.17, 15) is 14.7 Å². The number of carbonyl (C=O) groups excluding carboxylic acids is 2. The van der Waals surface area contributed by atoms with E-state index in [1.165, 1.54) is 0 Å². The second-order valence-electron chi connectivity index (χ2n) is 8.45. The molecule has 1 amide bonds. The summed E-state index contributed by atoms with van der Waals surface area (Å²) in [6.07, 6.45) is -3.97. The summed E-state index contributed by atoms with van der Waals surface area (Å²) < 4.78 is 27.8. The molecule has 190 valence electrons. The van der Waals surface area contributed by atoms with Crippen LogP contribution in [0, 0.1) is 11.8 Å². The second kappa shape index (κ2) is 11.4. The summed E-state index contributed by atoms with van der Waals surface area (Å²) >= 11 is 0. The van der Waals surface area contributed by atoms with Crippen LogP contribution >= 0.6 is 0 Å². The number of fused-ring (bicyclic) bond motifs is 1. The number of aliphatic hydroxyl groups excluding tert-OH is 1. The molecule has 0 bridgehead atoms. The van der Waals surface area contributed by atoms with Crippen molar-refractivity contribution in [1.82, 2.24) is 5.06 Å². The Morgan fingerprint density at radius 3 is 2.22 bits per heavy atom. The molecule has 2 fully saturated rings. The fraction of sp³-hybridized carbons (Fsp3) is 0.385. The van der Waals surface area contributed by atoms with Gasteiger partial charge in [-0.25, -0.2) is 9.59 Å². The third-order valence-electron chi connectivity index (χ3n) is 5.30. The Labute approximate surface area is 208 Å². The fourth-order valence-corrected chi connectivity index (χ4v) is 3.78. The molecule has 2 aromatic rings. The standard InChI is InChI=1S/C26H27NO9/c1-26(2)34-22-20(33-21(17-28)23(22)35-26)15-9-10-16-27(24(29)31-18-11-5-3-6-12-18)36-25(30)32-19-13-7-4-8-14-19/h3-8,11-14,20-23,28H,10,16-17H2,1-2H3/t20-,21-,22?,23?/m1/s1. The Balaban J connectivity index is 1.39. The van der Waals surface area contributed by atoms with Crippen molar-refractivity contribution < 1.29 is 43.2 Å². The highest BCUT2D eigenvalue weighted by Crippen LogP contribution is 2.38. The smallest absolute Gasteiger partial charge is 0.408 e. The zero-order valence-electron chi connectivity index (χ0n) is 19.9. The summed E-state index contributed by atoms with van der Waals surface area (Å²) in [7, 11) is 0. The quantitative estimate of drug-likeness (QED) is 0.288. The van der Waals surface area contributed by atoms with Crippen molar-refractivity contribution in [1.29, 1.82) is 0 Å². The van der Waals surface area contributed by atoms with Gasteiger partial charge in [0.25, 0.3) is 0 Å². The number of benzene rings is 2. The third kappa shape index (κ3) is 6.53. The van der Waals surface area contributed by atoms with E-state index in [4.69, 9.17) is 28.5 Å². The molecule has 0 aliphatic carbocycles. The van der Waals surface area contributed by atoms with E-state index in [2.05, 4.69) is 11.8 Å². The van der Waals surface area contributed by atoms with Gasteiger partial charge in [0, 0.05) is 6.42 Å². The van der Waals surface area contributed by atoms with Crippen LogP contribution in [0.4, 0.5) is 9.59 Å². The Morgan fingerprint density at radius 2 is 1.58 bits per heavy atom. The first kappa shape index (κ1) is 25.5. The molecule has 0 saturated carbocycles. The minimum absolute atomic E-state index is 0.102. The van der Waals surface area contributed by atoms with Gasteiger partial charge < -0.3 is 28.8 Å². The summed E-state index contributed by atoms with van der Waals surface area (Å²) in [4.78, 5) is 30.1. The molecule has 2 saturated heterocycles. The first-order valence-electron chi connectivity index (χ1n) is 11.4. The molecule has 2 unspecified atom stereocenters. The van der Waals surface area contributed by atoms with Crippen molar-refractivity contribution in [3.05, 3.63) is 60.7 Å². The van der Waals surface area contributed by atoms with Gasteiger partial charge in [0.05, 0.1) is 13.2 Å². The number of hydroxylamine groups is 2. The normalized spacial score (nSPS) is 23.6. The topological polar surface area (TPSA) is 113 Å². The molecule has 0 radical (unpaired) electrons. The molecular formula is C26H27NO9. The lowest BCUT2D eigenvalue weighted by molar-refractivity contribution is -0.184. The van der Waals surface area contributed by atoms with Gasteiger partial charge in [-0.3, -0.25) is 4.84 Å². The average Bonchev–Trinajstić information content (AvgIpc) is 3.34. The van der Waals surface area contributed by atoms with Crippen LogP contribution in [-0.4, -0.2) is 65.8 Å². The molecule has 2 aromatic carbocycles. The highest BCUT2D eigenvalue weighted by Gasteiger charge is 2.54. The summed E-state index contributed by atoms with van der Waals surface area (Å²) in [5.74, 6) is 5.59. The molecular weight excluding hydrogens is 470 g/mol. The number of amides is 1. The summed E-state index contributed by atoms with van der Waals surface area (Å²) in [5.41, 5.74) is 0. The van der Waals surface area contributed by atoms with Gasteiger partial charge in [0.2, 0.25) is 0 Å². The summed E-state index contributed by atoms with van der Waals surface area (Å²) in [6, 6.07) is 16.7. The van der Waals surface area contributed by atoms with Crippen molar-refractivity contribution >= 4 is 12.2 Å². The average molecular weight is 498 g/mol. The Hall–Kier alpha value is -3.62. The highest BCUT2D eigenvalue weighted by molar-refractivity contribution is 5.72. The van der Waals surface area contributed by atoms with E-state index in [-0.39, 0.29) is 31.1 Å². The predicted octanol–water partition coefficient (Wildman–Crippen LogP) is 3.29. The van der Waals surface area contributed by atoms with Crippen molar-refractivity contribution in [2.45, 2.75) is 50.5 Å². The van der Waals surface area contributed by atoms with E-state index in [0.29, 0.717) is 0 Å². The van der Waals surface area contributed by atoms with Gasteiger partial charge in [-0.15, -0.1) is 5.06 Å². The first-order valence-corrected chi connectivity index (χ1v) is 11.4. The SMILES string of the molecule is CC1(C)OC2C(O1)[C@@H](CO)O[C@@H]2C#CCCN(OC(=O)Oc1ccccc1)C(=O)Oc1ccccc1. The van der Waals surface area contributed by atoms with Gasteiger partial charge in [-0.1, -0.05) is 48.2 Å². The van der Waals surface area contributed by atoms with Crippen LogP contribution in [0.2, 0.25) is 0 Å². The number of nitrogens with zero attached hydrogens (tertiary/aromatic N) is 1. The van der Waals surface area contributed by atoms with Crippen LogP contribution in [-0.2, 0) is 19.0 Å². The van der Waals surface area contributed by atoms with Crippen LogP contribution < -0.4 is 9.47 Å². The van der Waals surface area contributed by atoms with Gasteiger partial charge in [-0.05, 0) is 38.1 Å². The lowest BCUT2D eigenvalue weighted by atomic mass is 10.1. The van der Waals surface area contributed by atoms with Gasteiger partial charge >= 0.3 is 12.2 Å². The van der Waals surface area contributed by atoms with Gasteiger partial charge in [0.1, 0.15) is 35.9 Å². The van der Waals surface area contributed by atoms with Crippen LogP contribution in [0.25, 0.3) is 0 Å². The van der Waals surface area contributed by atoms with E-state index >= 15 is 0 Å². The zero-order valence-corrected chi connectivity index (χ0v) is 19.9. The van der Waals surface area contributed by atoms with Crippen LogP contribution in [0.1, 0.15) is 20.3 Å². The lowest BCUT2D eigenvalue weighted by Crippen LogP contribution is -2.37. The summed E-state index contributed by atoms with van der Waals surface area (Å²) in [5, 5.41) is 10.3. The van der Waals surface area contributed by atoms with Crippen LogP contribution in [0.3, 0.4) is 0 Å². The molecule has 1 N–H and O–H groups in total. The second-order valence-corrected chi connectivity index (χ2v) is 8.45. The van der Waals surface area contributed by atoms with Crippen molar-refractivity contribution in [2.24, 2.45) is 0 Å². The molecule has 2 heterocycles. The molecule has 2 aliphatic heterocycles. The van der Waals surface area contributed by atoms with Crippen molar-refractivity contribution in [3.8, 4) is 23.3 Å². The lowest BCUT2D eigenvalue weighted by Gasteiger charge is -2.21. The van der Waals surface area contributed by atoms with Crippen LogP contribution in [0.15, 0.2) is 60.7 Å². The van der Waals surface area contributed by atoms with E-state index < -0.39 is 42.5 Å². The van der Waals surface area contributed by atoms with Crippen molar-refractivity contribution in [2.75, 3.05) is 13.2 Å². The molecule has 0 spiro atoms. The minimum Gasteiger partial charge on any atom is -0.408 e. The minimum atomic E-state index is -1.11.